The minimum absolute atomic E-state index is 0.0340. The number of hydrogen-bond donors (Lipinski definition) is 1. The summed E-state index contributed by atoms with van der Waals surface area (Å²) in [6.45, 7) is 0.752. The molecular formula is C19H21BrN2O. The molecule has 0 heterocycles. The quantitative estimate of drug-likeness (QED) is 0.780. The largest absolute Gasteiger partial charge is 0.344 e. The van der Waals surface area contributed by atoms with Crippen molar-refractivity contribution < 1.29 is 4.79 Å². The fourth-order valence-corrected chi connectivity index (χ4v) is 2.51. The van der Waals surface area contributed by atoms with E-state index in [0.717, 1.165) is 22.1 Å². The second kappa shape index (κ2) is 8.65. The van der Waals surface area contributed by atoms with Gasteiger partial charge >= 0.3 is 0 Å². The van der Waals surface area contributed by atoms with Crippen LogP contribution in [-0.4, -0.2) is 31.4 Å². The van der Waals surface area contributed by atoms with Gasteiger partial charge in [-0.2, -0.15) is 0 Å². The van der Waals surface area contributed by atoms with Gasteiger partial charge in [0.15, 0.2) is 0 Å². The molecule has 0 bridgehead atoms. The molecule has 1 atom stereocenters. The van der Waals surface area contributed by atoms with E-state index in [2.05, 4.69) is 26.1 Å². The van der Waals surface area contributed by atoms with Crippen LogP contribution in [0.25, 0.3) is 6.08 Å². The van der Waals surface area contributed by atoms with Crippen molar-refractivity contribution in [2.45, 2.75) is 6.04 Å². The van der Waals surface area contributed by atoms with Crippen LogP contribution >= 0.6 is 15.9 Å². The van der Waals surface area contributed by atoms with Gasteiger partial charge in [0.05, 0.1) is 6.04 Å². The van der Waals surface area contributed by atoms with E-state index in [1.54, 1.807) is 6.08 Å². The molecule has 0 radical (unpaired) electrons. The zero-order valence-electron chi connectivity index (χ0n) is 13.4. The lowest BCUT2D eigenvalue weighted by molar-refractivity contribution is -0.117. The molecule has 4 heteroatoms. The molecule has 0 saturated carbocycles. The number of likely N-dealkylation sites (N-methyl/N-ethyl adjacent to an activating group) is 1. The van der Waals surface area contributed by atoms with Crippen molar-refractivity contribution in [3.63, 3.8) is 0 Å². The summed E-state index contributed by atoms with van der Waals surface area (Å²) < 4.78 is 1.02. The second-order valence-electron chi connectivity index (χ2n) is 5.62. The molecular weight excluding hydrogens is 352 g/mol. The number of hydrogen-bond acceptors (Lipinski definition) is 2. The number of rotatable bonds is 6. The normalized spacial score (nSPS) is 12.5. The van der Waals surface area contributed by atoms with Crippen LogP contribution in [-0.2, 0) is 4.79 Å². The van der Waals surface area contributed by atoms with Gasteiger partial charge in [0, 0.05) is 17.1 Å². The van der Waals surface area contributed by atoms with Crippen LogP contribution in [0.5, 0.6) is 0 Å². The molecule has 0 fully saturated rings. The van der Waals surface area contributed by atoms with Gasteiger partial charge in [-0.1, -0.05) is 58.4 Å². The number of nitrogens with one attached hydrogen (secondary N) is 1. The van der Waals surface area contributed by atoms with Crippen molar-refractivity contribution >= 4 is 27.9 Å². The number of amides is 1. The zero-order valence-corrected chi connectivity index (χ0v) is 15.0. The Kier molecular flexibility index (Phi) is 6.56. The van der Waals surface area contributed by atoms with E-state index in [0.29, 0.717) is 0 Å². The summed E-state index contributed by atoms with van der Waals surface area (Å²) in [6, 6.07) is 17.8. The van der Waals surface area contributed by atoms with E-state index in [9.17, 15) is 4.79 Å². The minimum Gasteiger partial charge on any atom is -0.344 e. The van der Waals surface area contributed by atoms with Crippen molar-refractivity contribution in [1.29, 1.82) is 0 Å². The first-order valence-electron chi connectivity index (χ1n) is 7.48. The first-order chi connectivity index (χ1) is 11.0. The summed E-state index contributed by atoms with van der Waals surface area (Å²) in [7, 11) is 4.00. The highest BCUT2D eigenvalue weighted by Gasteiger charge is 2.13. The summed E-state index contributed by atoms with van der Waals surface area (Å²) in [5, 5.41) is 3.07. The Labute approximate surface area is 146 Å². The van der Waals surface area contributed by atoms with Crippen molar-refractivity contribution in [2.75, 3.05) is 20.6 Å². The van der Waals surface area contributed by atoms with E-state index >= 15 is 0 Å². The van der Waals surface area contributed by atoms with E-state index in [-0.39, 0.29) is 11.9 Å². The smallest absolute Gasteiger partial charge is 0.244 e. The molecule has 0 aliphatic heterocycles. The summed E-state index contributed by atoms with van der Waals surface area (Å²) in [6.07, 6.45) is 3.40. The molecule has 0 aliphatic rings. The van der Waals surface area contributed by atoms with Gasteiger partial charge in [-0.3, -0.25) is 4.79 Å². The fraction of sp³-hybridized carbons (Fsp3) is 0.211. The van der Waals surface area contributed by atoms with Crippen molar-refractivity contribution in [1.82, 2.24) is 10.2 Å². The predicted octanol–water partition coefficient (Wildman–Crippen LogP) is 3.88. The summed E-state index contributed by atoms with van der Waals surface area (Å²) in [4.78, 5) is 14.3. The lowest BCUT2D eigenvalue weighted by Gasteiger charge is -2.22. The van der Waals surface area contributed by atoms with Gasteiger partial charge in [-0.05, 0) is 43.4 Å². The number of carbonyl (C=O) groups is 1. The molecule has 0 spiro atoms. The maximum atomic E-state index is 12.2. The van der Waals surface area contributed by atoms with Gasteiger partial charge < -0.3 is 10.2 Å². The highest BCUT2D eigenvalue weighted by atomic mass is 79.9. The number of nitrogens with zero attached hydrogens (tertiary/aromatic N) is 1. The van der Waals surface area contributed by atoms with Crippen LogP contribution in [0.3, 0.4) is 0 Å². The maximum Gasteiger partial charge on any atom is 0.244 e. The molecule has 1 N–H and O–H groups in total. The molecule has 0 unspecified atom stereocenters. The van der Waals surface area contributed by atoms with E-state index < -0.39 is 0 Å². The van der Waals surface area contributed by atoms with E-state index in [1.807, 2.05) is 74.8 Å². The summed E-state index contributed by atoms with van der Waals surface area (Å²) in [5.41, 5.74) is 2.10. The monoisotopic (exact) mass is 372 g/mol. The summed E-state index contributed by atoms with van der Waals surface area (Å²) in [5.74, 6) is -0.0939. The Balaban J connectivity index is 2.04. The average Bonchev–Trinajstić information content (AvgIpc) is 2.54. The maximum absolute atomic E-state index is 12.2. The van der Waals surface area contributed by atoms with Crippen molar-refractivity contribution in [3.05, 3.63) is 76.3 Å². The molecule has 120 valence electrons. The van der Waals surface area contributed by atoms with Crippen molar-refractivity contribution in [2.24, 2.45) is 0 Å². The van der Waals surface area contributed by atoms with E-state index in [1.165, 1.54) is 0 Å². The molecule has 0 saturated heterocycles. The Morgan fingerprint density at radius 2 is 1.78 bits per heavy atom. The average molecular weight is 373 g/mol. The number of halogens is 1. The first-order valence-corrected chi connectivity index (χ1v) is 8.28. The Morgan fingerprint density at radius 1 is 1.13 bits per heavy atom. The topological polar surface area (TPSA) is 32.3 Å². The highest BCUT2D eigenvalue weighted by Crippen LogP contribution is 2.14. The van der Waals surface area contributed by atoms with Gasteiger partial charge in [-0.25, -0.2) is 0 Å². The molecule has 2 aromatic rings. The number of benzene rings is 2. The third-order valence-electron chi connectivity index (χ3n) is 3.36. The van der Waals surface area contributed by atoms with Crippen LogP contribution in [0.4, 0.5) is 0 Å². The molecule has 3 nitrogen and oxygen atoms in total. The predicted molar refractivity (Wildman–Crippen MR) is 99.1 cm³/mol. The van der Waals surface area contributed by atoms with Gasteiger partial charge in [0.1, 0.15) is 0 Å². The molecule has 1 amide bonds. The Hall–Kier alpha value is -1.91. The lowest BCUT2D eigenvalue weighted by Crippen LogP contribution is -2.34. The first kappa shape index (κ1) is 17.4. The van der Waals surface area contributed by atoms with Crippen LogP contribution in [0.15, 0.2) is 65.1 Å². The Bertz CT molecular complexity index is 651. The SMILES string of the molecule is CN(C)C[C@H](NC(=O)/C=C/c1ccc(Br)cc1)c1ccccc1. The lowest BCUT2D eigenvalue weighted by atomic mass is 10.1. The van der Waals surface area contributed by atoms with Crippen LogP contribution < -0.4 is 5.32 Å². The van der Waals surface area contributed by atoms with Crippen molar-refractivity contribution in [3.8, 4) is 0 Å². The highest BCUT2D eigenvalue weighted by molar-refractivity contribution is 9.10. The van der Waals surface area contributed by atoms with E-state index in [4.69, 9.17) is 0 Å². The zero-order chi connectivity index (χ0) is 16.7. The second-order valence-corrected chi connectivity index (χ2v) is 6.53. The summed E-state index contributed by atoms with van der Waals surface area (Å²) >= 11 is 3.40. The standard InChI is InChI=1S/C19H21BrN2O/c1-22(2)14-18(16-6-4-3-5-7-16)21-19(23)13-10-15-8-11-17(20)12-9-15/h3-13,18H,14H2,1-2H3,(H,21,23)/b13-10+/t18-/m0/s1. The minimum atomic E-state index is -0.0939. The molecule has 23 heavy (non-hydrogen) atoms. The van der Waals surface area contributed by atoms with Crippen LogP contribution in [0.1, 0.15) is 17.2 Å². The van der Waals surface area contributed by atoms with Crippen LogP contribution in [0.2, 0.25) is 0 Å². The third-order valence-corrected chi connectivity index (χ3v) is 3.89. The Morgan fingerprint density at radius 3 is 2.39 bits per heavy atom. The molecule has 2 rings (SSSR count). The van der Waals surface area contributed by atoms with Gasteiger partial charge in [0.2, 0.25) is 5.91 Å². The molecule has 0 aromatic heterocycles. The third kappa shape index (κ3) is 6.00. The van der Waals surface area contributed by atoms with Gasteiger partial charge in [-0.15, -0.1) is 0 Å². The van der Waals surface area contributed by atoms with Gasteiger partial charge in [0.25, 0.3) is 0 Å². The molecule has 2 aromatic carbocycles. The number of carbonyl (C=O) groups excluding carboxylic acids is 1. The molecule has 0 aliphatic carbocycles. The fourth-order valence-electron chi connectivity index (χ4n) is 2.25. The van der Waals surface area contributed by atoms with Crippen LogP contribution in [0, 0.1) is 0 Å².